The van der Waals surface area contributed by atoms with Crippen molar-refractivity contribution >= 4 is 29.9 Å². The minimum absolute atomic E-state index is 0. The van der Waals surface area contributed by atoms with Crippen molar-refractivity contribution in [3.8, 4) is 0 Å². The van der Waals surface area contributed by atoms with Crippen LogP contribution in [0.15, 0.2) is 35.3 Å². The highest BCUT2D eigenvalue weighted by atomic mass is 127. The smallest absolute Gasteiger partial charge is 0.193 e. The summed E-state index contributed by atoms with van der Waals surface area (Å²) in [6.07, 6.45) is 3.50. The fourth-order valence-corrected chi connectivity index (χ4v) is 4.12. The summed E-state index contributed by atoms with van der Waals surface area (Å²) >= 11 is 0. The van der Waals surface area contributed by atoms with E-state index in [0.717, 1.165) is 58.3 Å². The Balaban J connectivity index is 0.00000280. The Morgan fingerprint density at radius 2 is 2.11 bits per heavy atom. The first-order valence-electron chi connectivity index (χ1n) is 10.5. The van der Waals surface area contributed by atoms with E-state index in [4.69, 9.17) is 9.73 Å². The number of guanidine groups is 1. The molecule has 158 valence electrons. The number of hydrogen-bond donors (Lipinski definition) is 1. The van der Waals surface area contributed by atoms with E-state index >= 15 is 0 Å². The zero-order valence-corrected chi connectivity index (χ0v) is 20.0. The maximum absolute atomic E-state index is 5.67. The molecule has 2 unspecified atom stereocenters. The van der Waals surface area contributed by atoms with Gasteiger partial charge in [0.1, 0.15) is 0 Å². The van der Waals surface area contributed by atoms with E-state index in [1.165, 1.54) is 18.4 Å². The number of likely N-dealkylation sites (tertiary alicyclic amines) is 1. The van der Waals surface area contributed by atoms with E-state index in [9.17, 15) is 0 Å². The molecule has 0 saturated carbocycles. The molecule has 2 fully saturated rings. The maximum atomic E-state index is 5.67. The van der Waals surface area contributed by atoms with Gasteiger partial charge in [-0.15, -0.1) is 24.0 Å². The number of ether oxygens (including phenoxy) is 1. The summed E-state index contributed by atoms with van der Waals surface area (Å²) in [6, 6.07) is 11.2. The summed E-state index contributed by atoms with van der Waals surface area (Å²) in [6.45, 7) is 11.2. The summed E-state index contributed by atoms with van der Waals surface area (Å²) in [4.78, 5) is 9.80. The van der Waals surface area contributed by atoms with Gasteiger partial charge in [0, 0.05) is 50.8 Å². The minimum atomic E-state index is 0. The van der Waals surface area contributed by atoms with Gasteiger partial charge in [0.2, 0.25) is 0 Å². The van der Waals surface area contributed by atoms with Gasteiger partial charge in [-0.2, -0.15) is 0 Å². The lowest BCUT2D eigenvalue weighted by molar-refractivity contribution is 0.156. The van der Waals surface area contributed by atoms with Gasteiger partial charge in [-0.1, -0.05) is 30.3 Å². The molecular weight excluding hydrogens is 463 g/mol. The predicted octanol–water partition coefficient (Wildman–Crippen LogP) is 3.59. The van der Waals surface area contributed by atoms with Gasteiger partial charge in [-0.05, 0) is 45.7 Å². The molecule has 3 rings (SSSR count). The summed E-state index contributed by atoms with van der Waals surface area (Å²) in [5.41, 5.74) is 1.74. The van der Waals surface area contributed by atoms with Gasteiger partial charge in [0.05, 0.1) is 6.61 Å². The molecule has 28 heavy (non-hydrogen) atoms. The van der Waals surface area contributed by atoms with E-state index in [0.29, 0.717) is 11.5 Å². The van der Waals surface area contributed by atoms with Gasteiger partial charge in [-0.25, -0.2) is 0 Å². The van der Waals surface area contributed by atoms with Gasteiger partial charge >= 0.3 is 0 Å². The molecule has 0 bridgehead atoms. The van der Waals surface area contributed by atoms with E-state index < -0.39 is 0 Å². The van der Waals surface area contributed by atoms with Gasteiger partial charge in [0.25, 0.3) is 0 Å². The SMILES string of the molecule is CCNC(=NCCC(C)N(C)Cc1ccccc1)N1CCC2(CCOC2)C1.I. The quantitative estimate of drug-likeness (QED) is 0.353. The number of nitrogens with one attached hydrogen (secondary N) is 1. The van der Waals surface area contributed by atoms with Crippen LogP contribution >= 0.6 is 24.0 Å². The average Bonchev–Trinajstić information content (AvgIpc) is 3.31. The van der Waals surface area contributed by atoms with Crippen LogP contribution < -0.4 is 5.32 Å². The number of rotatable bonds is 7. The molecule has 6 heteroatoms. The minimum Gasteiger partial charge on any atom is -0.381 e. The molecule has 0 aromatic heterocycles. The molecule has 0 radical (unpaired) electrons. The van der Waals surface area contributed by atoms with Crippen molar-refractivity contribution in [2.45, 2.75) is 45.7 Å². The average molecular weight is 500 g/mol. The molecule has 2 aliphatic rings. The molecule has 1 N–H and O–H groups in total. The zero-order valence-electron chi connectivity index (χ0n) is 17.7. The van der Waals surface area contributed by atoms with Crippen LogP contribution in [0.3, 0.4) is 0 Å². The lowest BCUT2D eigenvalue weighted by atomic mass is 9.87. The highest BCUT2D eigenvalue weighted by molar-refractivity contribution is 14.0. The van der Waals surface area contributed by atoms with Crippen LogP contribution in [0.5, 0.6) is 0 Å². The molecule has 0 aliphatic carbocycles. The molecule has 1 aromatic carbocycles. The fourth-order valence-electron chi connectivity index (χ4n) is 4.12. The number of benzene rings is 1. The van der Waals surface area contributed by atoms with Crippen molar-refractivity contribution in [2.75, 3.05) is 46.4 Å². The topological polar surface area (TPSA) is 40.1 Å². The van der Waals surface area contributed by atoms with Crippen LogP contribution in [0.2, 0.25) is 0 Å². The maximum Gasteiger partial charge on any atom is 0.193 e. The van der Waals surface area contributed by atoms with Crippen LogP contribution in [0.25, 0.3) is 0 Å². The summed E-state index contributed by atoms with van der Waals surface area (Å²) < 4.78 is 5.67. The standard InChI is InChI=1S/C22H36N4O.HI/c1-4-23-21(26-14-11-22(17-26)12-15-27-18-22)24-13-10-19(2)25(3)16-20-8-6-5-7-9-20;/h5-9,19H,4,10-18H2,1-3H3,(H,23,24);1H. The van der Waals surface area contributed by atoms with E-state index in [1.54, 1.807) is 0 Å². The Labute approximate surface area is 187 Å². The summed E-state index contributed by atoms with van der Waals surface area (Å²) in [5.74, 6) is 1.08. The Morgan fingerprint density at radius 3 is 2.79 bits per heavy atom. The zero-order chi connectivity index (χ0) is 19.1. The first-order valence-corrected chi connectivity index (χ1v) is 10.5. The third kappa shape index (κ3) is 6.32. The second-order valence-corrected chi connectivity index (χ2v) is 8.25. The predicted molar refractivity (Wildman–Crippen MR) is 127 cm³/mol. The van der Waals surface area contributed by atoms with Crippen molar-refractivity contribution in [3.63, 3.8) is 0 Å². The first-order chi connectivity index (χ1) is 13.1. The summed E-state index contributed by atoms with van der Waals surface area (Å²) in [5, 5.41) is 3.50. The molecule has 2 heterocycles. The largest absolute Gasteiger partial charge is 0.381 e. The molecule has 2 atom stereocenters. The molecule has 2 aliphatic heterocycles. The third-order valence-corrected chi connectivity index (χ3v) is 6.09. The number of nitrogens with zero attached hydrogens (tertiary/aromatic N) is 3. The first kappa shape index (κ1) is 23.4. The van der Waals surface area contributed by atoms with Crippen LogP contribution in [0.4, 0.5) is 0 Å². The Kier molecular flexibility index (Phi) is 9.50. The Hall–Kier alpha value is -0.860. The lowest BCUT2D eigenvalue weighted by Gasteiger charge is -2.26. The third-order valence-electron chi connectivity index (χ3n) is 6.09. The van der Waals surface area contributed by atoms with Crippen LogP contribution in [-0.4, -0.2) is 68.2 Å². The lowest BCUT2D eigenvalue weighted by Crippen LogP contribution is -2.41. The normalized spacial score (nSPS) is 23.3. The van der Waals surface area contributed by atoms with Crippen LogP contribution in [0, 0.1) is 5.41 Å². The van der Waals surface area contributed by atoms with E-state index in [-0.39, 0.29) is 24.0 Å². The van der Waals surface area contributed by atoms with Crippen LogP contribution in [-0.2, 0) is 11.3 Å². The molecule has 0 amide bonds. The highest BCUT2D eigenvalue weighted by Gasteiger charge is 2.42. The van der Waals surface area contributed by atoms with Gasteiger partial charge in [0.15, 0.2) is 5.96 Å². The Morgan fingerprint density at radius 1 is 1.32 bits per heavy atom. The monoisotopic (exact) mass is 500 g/mol. The highest BCUT2D eigenvalue weighted by Crippen LogP contribution is 2.38. The summed E-state index contributed by atoms with van der Waals surface area (Å²) in [7, 11) is 2.21. The molecule has 5 nitrogen and oxygen atoms in total. The molecule has 2 saturated heterocycles. The second-order valence-electron chi connectivity index (χ2n) is 8.25. The molecule has 1 aromatic rings. The number of halogens is 1. The van der Waals surface area contributed by atoms with Gasteiger partial charge < -0.3 is 15.0 Å². The van der Waals surface area contributed by atoms with Crippen molar-refractivity contribution in [1.82, 2.24) is 15.1 Å². The number of aliphatic imine (C=N–C) groups is 1. The van der Waals surface area contributed by atoms with Crippen molar-refractivity contribution in [1.29, 1.82) is 0 Å². The van der Waals surface area contributed by atoms with E-state index in [2.05, 4.69) is 66.3 Å². The van der Waals surface area contributed by atoms with Crippen molar-refractivity contribution in [2.24, 2.45) is 10.4 Å². The van der Waals surface area contributed by atoms with Crippen molar-refractivity contribution < 1.29 is 4.74 Å². The number of hydrogen-bond acceptors (Lipinski definition) is 3. The second kappa shape index (κ2) is 11.4. The molecular formula is C22H37IN4O. The van der Waals surface area contributed by atoms with Gasteiger partial charge in [-0.3, -0.25) is 9.89 Å². The Bertz CT molecular complexity index is 604. The fraction of sp³-hybridized carbons (Fsp3) is 0.682. The molecule has 1 spiro atoms. The van der Waals surface area contributed by atoms with Crippen LogP contribution in [0.1, 0.15) is 38.7 Å². The van der Waals surface area contributed by atoms with Crippen molar-refractivity contribution in [3.05, 3.63) is 35.9 Å². The van der Waals surface area contributed by atoms with E-state index in [1.807, 2.05) is 0 Å².